The highest BCUT2D eigenvalue weighted by Gasteiger charge is 2.45. The van der Waals surface area contributed by atoms with Gasteiger partial charge >= 0.3 is 0 Å². The zero-order valence-electron chi connectivity index (χ0n) is 16.1. The van der Waals surface area contributed by atoms with E-state index in [2.05, 4.69) is 0 Å². The van der Waals surface area contributed by atoms with Gasteiger partial charge in [-0.1, -0.05) is 66.8 Å². The molecule has 3 nitrogen and oxygen atoms in total. The second kappa shape index (κ2) is 7.46. The van der Waals surface area contributed by atoms with Crippen LogP contribution in [0.3, 0.4) is 0 Å². The topological polar surface area (TPSA) is 37.4 Å². The van der Waals surface area contributed by atoms with Crippen LogP contribution in [0.1, 0.15) is 44.6 Å². The third-order valence-corrected chi connectivity index (χ3v) is 6.46. The van der Waals surface area contributed by atoms with E-state index in [1.165, 1.54) is 0 Å². The van der Waals surface area contributed by atoms with Crippen molar-refractivity contribution < 1.29 is 9.59 Å². The van der Waals surface area contributed by atoms with Gasteiger partial charge in [0.15, 0.2) is 5.78 Å². The van der Waals surface area contributed by atoms with E-state index in [4.69, 9.17) is 34.8 Å². The molecule has 0 saturated carbocycles. The van der Waals surface area contributed by atoms with Crippen LogP contribution in [0.25, 0.3) is 0 Å². The van der Waals surface area contributed by atoms with Crippen LogP contribution >= 0.6 is 34.8 Å². The molecular formula is C23H20Cl3NO2. The molecule has 0 saturated heterocycles. The fraction of sp³-hybridized carbons (Fsp3) is 0.304. The van der Waals surface area contributed by atoms with Gasteiger partial charge in [0.05, 0.1) is 10.7 Å². The van der Waals surface area contributed by atoms with E-state index >= 15 is 0 Å². The predicted octanol–water partition coefficient (Wildman–Crippen LogP) is 6.81. The first-order chi connectivity index (χ1) is 13.7. The molecule has 29 heavy (non-hydrogen) atoms. The summed E-state index contributed by atoms with van der Waals surface area (Å²) in [5.41, 5.74) is 2.50. The average molecular weight is 449 g/mol. The Kier molecular flexibility index (Phi) is 5.27. The molecule has 6 heteroatoms. The molecule has 0 spiro atoms. The first-order valence-electron chi connectivity index (χ1n) is 9.46. The maximum Gasteiger partial charge on any atom is 0.232 e. The molecule has 1 amide bonds. The van der Waals surface area contributed by atoms with Crippen molar-refractivity contribution in [3.63, 3.8) is 0 Å². The van der Waals surface area contributed by atoms with E-state index in [9.17, 15) is 9.59 Å². The van der Waals surface area contributed by atoms with Crippen LogP contribution in [0, 0.1) is 5.41 Å². The molecule has 0 aromatic heterocycles. The largest absolute Gasteiger partial charge is 0.294 e. The SMILES string of the molecule is CC1(C)CC(=O)C2=C(C1)N(c1ccccc1Cl)C(=O)CC2c1ccc(Cl)cc1Cl. The number of hydrogen-bond acceptors (Lipinski definition) is 2. The molecule has 1 unspecified atom stereocenters. The van der Waals surface area contributed by atoms with E-state index in [0.29, 0.717) is 39.2 Å². The zero-order chi connectivity index (χ0) is 20.9. The second-order valence-corrected chi connectivity index (χ2v) is 9.66. The minimum absolute atomic E-state index is 0.0526. The summed E-state index contributed by atoms with van der Waals surface area (Å²) >= 11 is 18.9. The van der Waals surface area contributed by atoms with Gasteiger partial charge in [0.1, 0.15) is 0 Å². The van der Waals surface area contributed by atoms with Crippen molar-refractivity contribution in [3.05, 3.63) is 74.4 Å². The molecule has 1 heterocycles. The lowest BCUT2D eigenvalue weighted by atomic mass is 9.69. The lowest BCUT2D eigenvalue weighted by Crippen LogP contribution is -2.43. The molecule has 2 aliphatic rings. The number of Topliss-reactive ketones (excluding diaryl/α,β-unsaturated/α-hetero) is 1. The lowest BCUT2D eigenvalue weighted by molar-refractivity contribution is -0.121. The first kappa shape index (κ1) is 20.5. The second-order valence-electron chi connectivity index (χ2n) is 8.40. The maximum absolute atomic E-state index is 13.3. The minimum Gasteiger partial charge on any atom is -0.294 e. The van der Waals surface area contributed by atoms with Crippen molar-refractivity contribution in [2.75, 3.05) is 4.90 Å². The maximum atomic E-state index is 13.3. The fourth-order valence-electron chi connectivity index (χ4n) is 4.38. The molecule has 1 aliphatic carbocycles. The molecule has 2 aromatic rings. The van der Waals surface area contributed by atoms with E-state index < -0.39 is 0 Å². The Morgan fingerprint density at radius 3 is 2.38 bits per heavy atom. The minimum atomic E-state index is -0.385. The summed E-state index contributed by atoms with van der Waals surface area (Å²) in [6, 6.07) is 12.4. The van der Waals surface area contributed by atoms with Crippen LogP contribution in [0.5, 0.6) is 0 Å². The van der Waals surface area contributed by atoms with Crippen LogP contribution in [0.15, 0.2) is 53.7 Å². The number of ketones is 1. The highest BCUT2D eigenvalue weighted by molar-refractivity contribution is 6.35. The molecule has 4 rings (SSSR count). The Morgan fingerprint density at radius 2 is 1.69 bits per heavy atom. The Bertz CT molecular complexity index is 1060. The third kappa shape index (κ3) is 3.72. The molecular weight excluding hydrogens is 429 g/mol. The number of benzene rings is 2. The van der Waals surface area contributed by atoms with E-state index in [0.717, 1.165) is 11.3 Å². The predicted molar refractivity (Wildman–Crippen MR) is 118 cm³/mol. The van der Waals surface area contributed by atoms with Crippen LogP contribution in [0.4, 0.5) is 5.69 Å². The smallest absolute Gasteiger partial charge is 0.232 e. The standard InChI is InChI=1S/C23H20Cl3NO2/c1-23(2)11-19-22(20(28)12-23)15(14-8-7-13(24)9-17(14)26)10-21(29)27(19)18-6-4-3-5-16(18)25/h3-9,15H,10-12H2,1-2H3. The lowest BCUT2D eigenvalue weighted by Gasteiger charge is -2.43. The third-order valence-electron chi connectivity index (χ3n) is 5.57. The molecule has 150 valence electrons. The Labute approximate surface area is 185 Å². The van der Waals surface area contributed by atoms with Crippen LogP contribution in [0.2, 0.25) is 15.1 Å². The number of carbonyl (C=O) groups excluding carboxylic acids is 2. The van der Waals surface area contributed by atoms with Gasteiger partial charge in [0.2, 0.25) is 5.91 Å². The summed E-state index contributed by atoms with van der Waals surface area (Å²) in [4.78, 5) is 28.2. The number of carbonyl (C=O) groups is 2. The summed E-state index contributed by atoms with van der Waals surface area (Å²) in [5, 5.41) is 1.46. The number of halogens is 3. The van der Waals surface area contributed by atoms with Crippen molar-refractivity contribution in [2.24, 2.45) is 5.41 Å². The number of para-hydroxylation sites is 1. The van der Waals surface area contributed by atoms with Crippen molar-refractivity contribution in [1.82, 2.24) is 0 Å². The first-order valence-corrected chi connectivity index (χ1v) is 10.6. The van der Waals surface area contributed by atoms with Gasteiger partial charge in [-0.05, 0) is 41.7 Å². The summed E-state index contributed by atoms with van der Waals surface area (Å²) < 4.78 is 0. The van der Waals surface area contributed by atoms with Crippen molar-refractivity contribution in [2.45, 2.75) is 39.0 Å². The number of nitrogens with zero attached hydrogens (tertiary/aromatic N) is 1. The number of amides is 1. The van der Waals surface area contributed by atoms with Crippen LogP contribution in [-0.2, 0) is 9.59 Å². The number of allylic oxidation sites excluding steroid dienone is 2. The highest BCUT2D eigenvalue weighted by atomic mass is 35.5. The monoisotopic (exact) mass is 447 g/mol. The highest BCUT2D eigenvalue weighted by Crippen LogP contribution is 2.50. The molecule has 0 radical (unpaired) electrons. The van der Waals surface area contributed by atoms with Gasteiger partial charge in [0.25, 0.3) is 0 Å². The average Bonchev–Trinajstić information content (AvgIpc) is 2.61. The van der Waals surface area contributed by atoms with Crippen LogP contribution < -0.4 is 4.90 Å². The molecule has 1 atom stereocenters. The Hall–Kier alpha value is -1.81. The number of anilines is 1. The van der Waals surface area contributed by atoms with E-state index in [1.807, 2.05) is 38.1 Å². The summed E-state index contributed by atoms with van der Waals surface area (Å²) in [6.07, 6.45) is 1.18. The molecule has 0 bridgehead atoms. The van der Waals surface area contributed by atoms with Gasteiger partial charge in [-0.25, -0.2) is 0 Å². The van der Waals surface area contributed by atoms with E-state index in [1.54, 1.807) is 23.1 Å². The zero-order valence-corrected chi connectivity index (χ0v) is 18.4. The summed E-state index contributed by atoms with van der Waals surface area (Å²) in [5.74, 6) is -0.431. The van der Waals surface area contributed by atoms with Gasteiger partial charge in [-0.15, -0.1) is 0 Å². The van der Waals surface area contributed by atoms with Crippen molar-refractivity contribution >= 4 is 52.2 Å². The van der Waals surface area contributed by atoms with Gasteiger partial charge in [0, 0.05) is 40.1 Å². The Balaban J connectivity index is 1.94. The van der Waals surface area contributed by atoms with Crippen molar-refractivity contribution in [3.8, 4) is 0 Å². The number of rotatable bonds is 2. The number of hydrogen-bond donors (Lipinski definition) is 0. The van der Waals surface area contributed by atoms with E-state index in [-0.39, 0.29) is 29.4 Å². The quantitative estimate of drug-likeness (QED) is 0.506. The van der Waals surface area contributed by atoms with Crippen LogP contribution in [-0.4, -0.2) is 11.7 Å². The Morgan fingerprint density at radius 1 is 0.966 bits per heavy atom. The summed E-state index contributed by atoms with van der Waals surface area (Å²) in [7, 11) is 0. The van der Waals surface area contributed by atoms with Gasteiger partial charge in [-0.2, -0.15) is 0 Å². The fourth-order valence-corrected chi connectivity index (χ4v) is 5.14. The molecule has 0 fully saturated rings. The molecule has 2 aromatic carbocycles. The van der Waals surface area contributed by atoms with Gasteiger partial charge < -0.3 is 0 Å². The normalized spacial score (nSPS) is 21.4. The molecule has 1 aliphatic heterocycles. The van der Waals surface area contributed by atoms with Gasteiger partial charge in [-0.3, -0.25) is 14.5 Å². The molecule has 0 N–H and O–H groups in total. The van der Waals surface area contributed by atoms with Crippen molar-refractivity contribution in [1.29, 1.82) is 0 Å². The summed E-state index contributed by atoms with van der Waals surface area (Å²) in [6.45, 7) is 4.09.